The molecule has 1 aromatic carbocycles. The van der Waals surface area contributed by atoms with Crippen LogP contribution < -0.4 is 0 Å². The van der Waals surface area contributed by atoms with Gasteiger partial charge in [-0.25, -0.2) is 4.39 Å². The number of hydrogen-bond donors (Lipinski definition) is 0. The predicted octanol–water partition coefficient (Wildman–Crippen LogP) is 5.53. The highest BCUT2D eigenvalue weighted by atomic mass is 35.5. The maximum Gasteiger partial charge on any atom is 0.127 e. The van der Waals surface area contributed by atoms with Crippen LogP contribution in [0.1, 0.15) is 25.8 Å². The molecule has 0 aromatic heterocycles. The van der Waals surface area contributed by atoms with E-state index in [9.17, 15) is 4.39 Å². The normalized spacial score (nSPS) is 12.2. The van der Waals surface area contributed by atoms with E-state index in [0.717, 1.165) is 6.42 Å². The first-order valence-corrected chi connectivity index (χ1v) is 7.43. The summed E-state index contributed by atoms with van der Waals surface area (Å²) in [4.78, 5) is 0. The van der Waals surface area contributed by atoms with Crippen molar-refractivity contribution in [1.82, 2.24) is 0 Å². The van der Waals surface area contributed by atoms with Crippen LogP contribution >= 0.6 is 34.8 Å². The number of hydrogen-bond acceptors (Lipinski definition) is 0. The molecule has 0 nitrogen and oxygen atoms in total. The van der Waals surface area contributed by atoms with Gasteiger partial charge in [0.15, 0.2) is 0 Å². The summed E-state index contributed by atoms with van der Waals surface area (Å²) in [5.74, 6) is 0.970. The van der Waals surface area contributed by atoms with Crippen molar-refractivity contribution in [2.24, 2.45) is 11.3 Å². The molecule has 0 aliphatic carbocycles. The Morgan fingerprint density at radius 1 is 1.22 bits per heavy atom. The fourth-order valence-corrected chi connectivity index (χ4v) is 3.18. The molecule has 1 aromatic rings. The summed E-state index contributed by atoms with van der Waals surface area (Å²) < 4.78 is 13.8. The maximum atomic E-state index is 13.8. The highest BCUT2D eigenvalue weighted by molar-refractivity contribution is 6.31. The van der Waals surface area contributed by atoms with Crippen LogP contribution in [0.15, 0.2) is 18.2 Å². The third-order valence-electron chi connectivity index (χ3n) is 3.02. The number of halogens is 4. The zero-order valence-electron chi connectivity index (χ0n) is 10.6. The molecule has 0 N–H and O–H groups in total. The van der Waals surface area contributed by atoms with Crippen LogP contribution in [-0.4, -0.2) is 11.8 Å². The summed E-state index contributed by atoms with van der Waals surface area (Å²) in [6, 6.07) is 4.72. The molecule has 0 saturated heterocycles. The van der Waals surface area contributed by atoms with Crippen molar-refractivity contribution in [3.8, 4) is 0 Å². The average molecular weight is 312 g/mol. The van der Waals surface area contributed by atoms with Gasteiger partial charge >= 0.3 is 0 Å². The van der Waals surface area contributed by atoms with Crippen molar-refractivity contribution in [3.63, 3.8) is 0 Å². The van der Waals surface area contributed by atoms with E-state index < -0.39 is 0 Å². The van der Waals surface area contributed by atoms with Gasteiger partial charge in [-0.05, 0) is 30.9 Å². The van der Waals surface area contributed by atoms with Crippen molar-refractivity contribution < 1.29 is 4.39 Å². The second-order valence-electron chi connectivity index (χ2n) is 5.24. The lowest BCUT2D eigenvalue weighted by Gasteiger charge is -2.32. The average Bonchev–Trinajstić information content (AvgIpc) is 2.32. The van der Waals surface area contributed by atoms with Crippen LogP contribution in [0.3, 0.4) is 0 Å². The van der Waals surface area contributed by atoms with Gasteiger partial charge in [0, 0.05) is 27.8 Å². The molecule has 0 fully saturated rings. The number of rotatable bonds is 6. The van der Waals surface area contributed by atoms with Crippen LogP contribution in [0.4, 0.5) is 4.39 Å². The third kappa shape index (κ3) is 4.01. The lowest BCUT2D eigenvalue weighted by Crippen LogP contribution is -2.30. The SMILES string of the molecule is CC(C)CC(CCl)(CCl)Cc1c(F)cccc1Cl. The summed E-state index contributed by atoms with van der Waals surface area (Å²) in [5, 5.41) is 0.443. The van der Waals surface area contributed by atoms with E-state index in [2.05, 4.69) is 13.8 Å². The fourth-order valence-electron chi connectivity index (χ4n) is 2.25. The Labute approximate surface area is 123 Å². The summed E-state index contributed by atoms with van der Waals surface area (Å²) >= 11 is 18.2. The molecule has 0 bridgehead atoms. The van der Waals surface area contributed by atoms with Gasteiger partial charge in [-0.2, -0.15) is 0 Å². The fraction of sp³-hybridized carbons (Fsp3) is 0.571. The lowest BCUT2D eigenvalue weighted by atomic mass is 9.78. The molecule has 0 saturated carbocycles. The van der Waals surface area contributed by atoms with Crippen LogP contribution in [-0.2, 0) is 6.42 Å². The second kappa shape index (κ2) is 6.98. The smallest absolute Gasteiger partial charge is 0.127 e. The molecule has 1 rings (SSSR count). The van der Waals surface area contributed by atoms with E-state index in [1.807, 2.05) is 0 Å². The molecular formula is C14H18Cl3F. The van der Waals surface area contributed by atoms with Crippen LogP contribution in [0.25, 0.3) is 0 Å². The molecule has 0 heterocycles. The van der Waals surface area contributed by atoms with Gasteiger partial charge in [-0.3, -0.25) is 0 Å². The van der Waals surface area contributed by atoms with Crippen molar-refractivity contribution >= 4 is 34.8 Å². The predicted molar refractivity (Wildman–Crippen MR) is 78.4 cm³/mol. The number of benzene rings is 1. The Hall–Kier alpha value is 0.0200. The Morgan fingerprint density at radius 3 is 2.28 bits per heavy atom. The molecular weight excluding hydrogens is 294 g/mol. The van der Waals surface area contributed by atoms with E-state index in [-0.39, 0.29) is 11.2 Å². The second-order valence-corrected chi connectivity index (χ2v) is 6.18. The third-order valence-corrected chi connectivity index (χ3v) is 4.51. The van der Waals surface area contributed by atoms with Crippen molar-refractivity contribution in [3.05, 3.63) is 34.6 Å². The van der Waals surface area contributed by atoms with Crippen LogP contribution in [0, 0.1) is 17.2 Å². The van der Waals surface area contributed by atoms with Gasteiger partial charge in [0.05, 0.1) is 0 Å². The van der Waals surface area contributed by atoms with Crippen molar-refractivity contribution in [2.45, 2.75) is 26.7 Å². The molecule has 4 heteroatoms. The van der Waals surface area contributed by atoms with Gasteiger partial charge in [0.25, 0.3) is 0 Å². The summed E-state index contributed by atoms with van der Waals surface area (Å²) in [7, 11) is 0. The van der Waals surface area contributed by atoms with Gasteiger partial charge in [0.1, 0.15) is 5.82 Å². The summed E-state index contributed by atoms with van der Waals surface area (Å²) in [6.45, 7) is 4.22. The minimum atomic E-state index is -0.302. The van der Waals surface area contributed by atoms with E-state index in [0.29, 0.717) is 34.7 Å². The van der Waals surface area contributed by atoms with Crippen molar-refractivity contribution in [1.29, 1.82) is 0 Å². The van der Waals surface area contributed by atoms with E-state index in [1.54, 1.807) is 12.1 Å². The largest absolute Gasteiger partial charge is 0.207 e. The quantitative estimate of drug-likeness (QED) is 0.606. The first-order valence-electron chi connectivity index (χ1n) is 5.99. The molecule has 0 atom stereocenters. The van der Waals surface area contributed by atoms with Gasteiger partial charge in [-0.1, -0.05) is 31.5 Å². The molecule has 0 spiro atoms. The number of alkyl halides is 2. The summed E-state index contributed by atoms with van der Waals surface area (Å²) in [6.07, 6.45) is 1.33. The van der Waals surface area contributed by atoms with Gasteiger partial charge < -0.3 is 0 Å². The molecule has 0 radical (unpaired) electrons. The Balaban J connectivity index is 3.03. The lowest BCUT2D eigenvalue weighted by molar-refractivity contribution is 0.292. The zero-order valence-corrected chi connectivity index (χ0v) is 12.9. The van der Waals surface area contributed by atoms with Gasteiger partial charge in [-0.15, -0.1) is 23.2 Å². The highest BCUT2D eigenvalue weighted by Crippen LogP contribution is 2.36. The Morgan fingerprint density at radius 2 is 1.83 bits per heavy atom. The van der Waals surface area contributed by atoms with Crippen molar-refractivity contribution in [2.75, 3.05) is 11.8 Å². The van der Waals surface area contributed by atoms with E-state index >= 15 is 0 Å². The Bertz CT molecular complexity index is 366. The zero-order chi connectivity index (χ0) is 13.8. The molecule has 18 heavy (non-hydrogen) atoms. The first kappa shape index (κ1) is 16.1. The molecule has 102 valence electrons. The van der Waals surface area contributed by atoms with E-state index in [4.69, 9.17) is 34.8 Å². The van der Waals surface area contributed by atoms with Crippen LogP contribution in [0.5, 0.6) is 0 Å². The standard InChI is InChI=1S/C14H18Cl3F/c1-10(2)6-14(8-15,9-16)7-11-12(17)4-3-5-13(11)18/h3-5,10H,6-9H2,1-2H3. The first-order chi connectivity index (χ1) is 8.44. The van der Waals surface area contributed by atoms with Crippen LogP contribution in [0.2, 0.25) is 5.02 Å². The molecule has 0 amide bonds. The molecule has 0 aliphatic rings. The highest BCUT2D eigenvalue weighted by Gasteiger charge is 2.31. The molecule has 0 unspecified atom stereocenters. The van der Waals surface area contributed by atoms with E-state index in [1.165, 1.54) is 6.07 Å². The topological polar surface area (TPSA) is 0 Å². The minimum Gasteiger partial charge on any atom is -0.207 e. The minimum absolute atomic E-state index is 0.286. The Kier molecular flexibility index (Phi) is 6.23. The summed E-state index contributed by atoms with van der Waals surface area (Å²) in [5.41, 5.74) is 0.212. The maximum absolute atomic E-state index is 13.8. The molecule has 0 aliphatic heterocycles. The monoisotopic (exact) mass is 310 g/mol. The van der Waals surface area contributed by atoms with Gasteiger partial charge in [0.2, 0.25) is 0 Å².